The summed E-state index contributed by atoms with van der Waals surface area (Å²) in [6, 6.07) is 0. The number of hydrogen-bond acceptors (Lipinski definition) is 4. The molecule has 0 aliphatic rings. The molecule has 18 heavy (non-hydrogen) atoms. The van der Waals surface area contributed by atoms with Gasteiger partial charge in [0.2, 0.25) is 0 Å². The normalized spacial score (nSPS) is 14.1. The molecule has 0 saturated carbocycles. The first-order chi connectivity index (χ1) is 8.38. The molecule has 1 atom stereocenters. The highest BCUT2D eigenvalue weighted by molar-refractivity contribution is 7.86. The molecule has 0 aromatic heterocycles. The van der Waals surface area contributed by atoms with Crippen LogP contribution in [0.15, 0.2) is 0 Å². The predicted octanol–water partition coefficient (Wildman–Crippen LogP) is 2.08. The van der Waals surface area contributed by atoms with Gasteiger partial charge in [0, 0.05) is 0 Å². The van der Waals surface area contributed by atoms with E-state index in [0.29, 0.717) is 25.7 Å². The Morgan fingerprint density at radius 1 is 0.889 bits per heavy atom. The molecule has 0 radical (unpaired) electrons. The van der Waals surface area contributed by atoms with E-state index in [1.165, 1.54) is 0 Å². The number of rotatable bonds is 11. The van der Waals surface area contributed by atoms with Gasteiger partial charge in [-0.2, -0.15) is 8.42 Å². The molecule has 0 aliphatic heterocycles. The average Bonchev–Trinajstić information content (AvgIpc) is 2.24. The van der Waals surface area contributed by atoms with E-state index in [4.69, 9.17) is 14.8 Å². The fraction of sp³-hybridized carbons (Fsp3) is 1.00. The second-order valence-electron chi connectivity index (χ2n) is 4.75. The van der Waals surface area contributed by atoms with Crippen LogP contribution in [0.2, 0.25) is 0 Å². The molecule has 6 heteroatoms. The molecule has 0 saturated heterocycles. The van der Waals surface area contributed by atoms with Crippen molar-refractivity contribution < 1.29 is 23.2 Å². The lowest BCUT2D eigenvalue weighted by Crippen LogP contribution is -2.20. The second kappa shape index (κ2) is 9.72. The number of aliphatic hydroxyl groups is 2. The highest BCUT2D eigenvalue weighted by Gasteiger charge is 2.21. The summed E-state index contributed by atoms with van der Waals surface area (Å²) in [4.78, 5) is 0. The van der Waals surface area contributed by atoms with Crippen LogP contribution in [-0.4, -0.2) is 34.7 Å². The van der Waals surface area contributed by atoms with Crippen molar-refractivity contribution >= 4 is 10.1 Å². The van der Waals surface area contributed by atoms with E-state index in [0.717, 1.165) is 25.7 Å². The van der Waals surface area contributed by atoms with Crippen LogP contribution < -0.4 is 0 Å². The molecule has 5 nitrogen and oxygen atoms in total. The summed E-state index contributed by atoms with van der Waals surface area (Å²) in [6.07, 6.45) is 4.87. The third kappa shape index (κ3) is 9.82. The standard InChI is InChI=1S/C12H26O5S/c1-2-3-4-5-8-11(18(15,16)17)9-6-7-10-12(13)14/h11-14H,2-10H2,1H3,(H,15,16,17). The van der Waals surface area contributed by atoms with Crippen LogP contribution in [0.3, 0.4) is 0 Å². The Hall–Kier alpha value is -0.170. The largest absolute Gasteiger partial charge is 0.368 e. The molecule has 0 aromatic carbocycles. The first-order valence-electron chi connectivity index (χ1n) is 6.70. The van der Waals surface area contributed by atoms with Gasteiger partial charge < -0.3 is 10.2 Å². The van der Waals surface area contributed by atoms with Crippen LogP contribution in [0.25, 0.3) is 0 Å². The maximum absolute atomic E-state index is 11.2. The molecule has 0 amide bonds. The minimum Gasteiger partial charge on any atom is -0.368 e. The average molecular weight is 282 g/mol. The van der Waals surface area contributed by atoms with E-state index in [1.807, 2.05) is 0 Å². The fourth-order valence-corrected chi connectivity index (χ4v) is 2.87. The van der Waals surface area contributed by atoms with Crippen molar-refractivity contribution in [3.63, 3.8) is 0 Å². The highest BCUT2D eigenvalue weighted by atomic mass is 32.2. The van der Waals surface area contributed by atoms with Crippen molar-refractivity contribution in [2.24, 2.45) is 0 Å². The summed E-state index contributed by atoms with van der Waals surface area (Å²) >= 11 is 0. The van der Waals surface area contributed by atoms with Crippen LogP contribution in [-0.2, 0) is 10.1 Å². The lowest BCUT2D eigenvalue weighted by atomic mass is 10.1. The summed E-state index contributed by atoms with van der Waals surface area (Å²) in [5.41, 5.74) is 0. The van der Waals surface area contributed by atoms with Crippen LogP contribution in [0.4, 0.5) is 0 Å². The minimum absolute atomic E-state index is 0.244. The molecular formula is C12H26O5S. The third-order valence-electron chi connectivity index (χ3n) is 3.04. The highest BCUT2D eigenvalue weighted by Crippen LogP contribution is 2.18. The molecule has 110 valence electrons. The van der Waals surface area contributed by atoms with Crippen molar-refractivity contribution in [1.29, 1.82) is 0 Å². The molecule has 1 unspecified atom stereocenters. The number of aliphatic hydroxyl groups excluding tert-OH is 1. The smallest absolute Gasteiger partial charge is 0.267 e. The van der Waals surface area contributed by atoms with Gasteiger partial charge in [0.25, 0.3) is 10.1 Å². The topological polar surface area (TPSA) is 94.8 Å². The Morgan fingerprint density at radius 2 is 1.39 bits per heavy atom. The van der Waals surface area contributed by atoms with Crippen LogP contribution >= 0.6 is 0 Å². The molecule has 0 aromatic rings. The lowest BCUT2D eigenvalue weighted by Gasteiger charge is -2.13. The predicted molar refractivity (Wildman–Crippen MR) is 70.8 cm³/mol. The van der Waals surface area contributed by atoms with E-state index >= 15 is 0 Å². The molecule has 0 bridgehead atoms. The van der Waals surface area contributed by atoms with Crippen molar-refractivity contribution in [2.45, 2.75) is 76.3 Å². The SMILES string of the molecule is CCCCCCC(CCCCC(O)O)S(=O)(=O)O. The third-order valence-corrected chi connectivity index (χ3v) is 4.35. The summed E-state index contributed by atoms with van der Waals surface area (Å²) in [6.45, 7) is 2.08. The zero-order valence-electron chi connectivity index (χ0n) is 11.1. The number of unbranched alkanes of at least 4 members (excludes halogenated alkanes) is 4. The Bertz CT molecular complexity index is 287. The lowest BCUT2D eigenvalue weighted by molar-refractivity contribution is -0.0465. The first-order valence-corrected chi connectivity index (χ1v) is 8.20. The molecule has 0 aliphatic carbocycles. The zero-order valence-corrected chi connectivity index (χ0v) is 11.9. The van der Waals surface area contributed by atoms with E-state index in [9.17, 15) is 8.42 Å². The maximum atomic E-state index is 11.2. The summed E-state index contributed by atoms with van der Waals surface area (Å²) in [5, 5.41) is 16.6. The Balaban J connectivity index is 3.94. The molecule has 0 spiro atoms. The van der Waals surface area contributed by atoms with Gasteiger partial charge in [-0.05, 0) is 25.7 Å². The van der Waals surface area contributed by atoms with E-state index in [-0.39, 0.29) is 6.42 Å². The second-order valence-corrected chi connectivity index (χ2v) is 6.45. The zero-order chi connectivity index (χ0) is 14.0. The minimum atomic E-state index is -3.98. The van der Waals surface area contributed by atoms with Crippen molar-refractivity contribution in [3.05, 3.63) is 0 Å². The van der Waals surface area contributed by atoms with E-state index < -0.39 is 21.7 Å². The summed E-state index contributed by atoms with van der Waals surface area (Å²) in [5.74, 6) is 0. The quantitative estimate of drug-likeness (QED) is 0.306. The number of hydrogen-bond donors (Lipinski definition) is 3. The van der Waals surface area contributed by atoms with Gasteiger partial charge in [-0.3, -0.25) is 4.55 Å². The van der Waals surface area contributed by atoms with Crippen molar-refractivity contribution in [1.82, 2.24) is 0 Å². The van der Waals surface area contributed by atoms with Gasteiger partial charge in [-0.1, -0.05) is 39.0 Å². The summed E-state index contributed by atoms with van der Waals surface area (Å²) in [7, 11) is -3.98. The van der Waals surface area contributed by atoms with Crippen LogP contribution in [0, 0.1) is 0 Å². The van der Waals surface area contributed by atoms with Crippen LogP contribution in [0.1, 0.15) is 64.7 Å². The molecular weight excluding hydrogens is 256 g/mol. The first kappa shape index (κ1) is 17.8. The Morgan fingerprint density at radius 3 is 1.83 bits per heavy atom. The van der Waals surface area contributed by atoms with Gasteiger partial charge in [0.05, 0.1) is 5.25 Å². The van der Waals surface area contributed by atoms with Gasteiger partial charge in [-0.25, -0.2) is 0 Å². The van der Waals surface area contributed by atoms with E-state index in [1.54, 1.807) is 0 Å². The molecule has 3 N–H and O–H groups in total. The Labute approximate surface area is 110 Å². The Kier molecular flexibility index (Phi) is 9.63. The summed E-state index contributed by atoms with van der Waals surface area (Å²) < 4.78 is 31.5. The van der Waals surface area contributed by atoms with Crippen LogP contribution in [0.5, 0.6) is 0 Å². The van der Waals surface area contributed by atoms with Crippen molar-refractivity contribution in [2.75, 3.05) is 0 Å². The molecule has 0 rings (SSSR count). The maximum Gasteiger partial charge on any atom is 0.267 e. The molecule has 0 heterocycles. The molecule has 0 fully saturated rings. The van der Waals surface area contributed by atoms with Gasteiger partial charge in [0.1, 0.15) is 0 Å². The van der Waals surface area contributed by atoms with E-state index in [2.05, 4.69) is 6.92 Å². The van der Waals surface area contributed by atoms with Gasteiger partial charge in [-0.15, -0.1) is 0 Å². The fourth-order valence-electron chi connectivity index (χ4n) is 1.94. The monoisotopic (exact) mass is 282 g/mol. The van der Waals surface area contributed by atoms with Gasteiger partial charge in [0.15, 0.2) is 6.29 Å². The van der Waals surface area contributed by atoms with Gasteiger partial charge >= 0.3 is 0 Å². The van der Waals surface area contributed by atoms with Crippen molar-refractivity contribution in [3.8, 4) is 0 Å².